The van der Waals surface area contributed by atoms with Crippen LogP contribution in [0.2, 0.25) is 0 Å². The molecule has 0 unspecified atom stereocenters. The molecule has 0 saturated carbocycles. The third-order valence-electron chi connectivity index (χ3n) is 14.5. The Bertz CT molecular complexity index is 3020. The summed E-state index contributed by atoms with van der Waals surface area (Å²) in [6.07, 6.45) is 8.66. The molecule has 0 N–H and O–H groups in total. The summed E-state index contributed by atoms with van der Waals surface area (Å²) in [7, 11) is -3.37. The zero-order valence-electron chi connectivity index (χ0n) is 42.6. The number of hydrogen-bond acceptors (Lipinski definition) is 0. The maximum atomic E-state index is 2.66. The van der Waals surface area contributed by atoms with Gasteiger partial charge in [-0.05, 0) is 0 Å². The van der Waals surface area contributed by atoms with Crippen molar-refractivity contribution in [3.05, 3.63) is 354 Å². The fourth-order valence-corrected chi connectivity index (χ4v) is 17.6. The minimum absolute atomic E-state index is 0. The topological polar surface area (TPSA) is 0 Å². The SMILES string of the molecule is [Cl-].[Cl-].[Cl-].[Ti+3][C]1=C(c2ccccc2)C([Si](c2cc(Cc3ccccc3)cc(Cc3ccccc3)c2)(c2cc(Cc3ccccc3)cc(Cc3ccccc3)c2)c2cc(Cc3ccccc3)cc(Cc3ccccc3)c2)=CC1. The molecule has 5 heteroatoms. The molecular weight excluding hydrogens is 1040 g/mol. The Morgan fingerprint density at radius 1 is 0.276 bits per heavy atom. The van der Waals surface area contributed by atoms with E-state index in [0.29, 0.717) is 0 Å². The van der Waals surface area contributed by atoms with Gasteiger partial charge in [0.25, 0.3) is 0 Å². The second-order valence-electron chi connectivity index (χ2n) is 19.9. The Labute approximate surface area is 482 Å². The first-order valence-corrected chi connectivity index (χ1v) is 28.6. The van der Waals surface area contributed by atoms with E-state index in [1.807, 2.05) is 0 Å². The van der Waals surface area contributed by atoms with Gasteiger partial charge in [0.2, 0.25) is 0 Å². The van der Waals surface area contributed by atoms with Gasteiger partial charge < -0.3 is 37.2 Å². The summed E-state index contributed by atoms with van der Waals surface area (Å²) in [6.45, 7) is 0. The predicted molar refractivity (Wildman–Crippen MR) is 306 cm³/mol. The van der Waals surface area contributed by atoms with Crippen LogP contribution in [-0.4, -0.2) is 8.07 Å². The Hall–Kier alpha value is -6.52. The van der Waals surface area contributed by atoms with Gasteiger partial charge in [0, 0.05) is 0 Å². The number of rotatable bonds is 17. The van der Waals surface area contributed by atoms with E-state index in [1.54, 1.807) is 0 Å². The van der Waals surface area contributed by atoms with Crippen LogP contribution in [0.25, 0.3) is 5.57 Å². The van der Waals surface area contributed by atoms with Gasteiger partial charge in [0.15, 0.2) is 0 Å². The summed E-state index contributed by atoms with van der Waals surface area (Å²) >= 11 is 2.39. The van der Waals surface area contributed by atoms with E-state index in [4.69, 9.17) is 0 Å². The first-order valence-electron chi connectivity index (χ1n) is 25.9. The fraction of sp³-hybridized carbons (Fsp3) is 0.0986. The van der Waals surface area contributed by atoms with E-state index in [1.165, 1.54) is 103 Å². The molecule has 10 aromatic rings. The van der Waals surface area contributed by atoms with Crippen molar-refractivity contribution in [2.75, 3.05) is 0 Å². The van der Waals surface area contributed by atoms with Gasteiger partial charge >= 0.3 is 449 Å². The first-order chi connectivity index (χ1) is 36.0. The third-order valence-corrected chi connectivity index (χ3v) is 19.9. The molecule has 0 fully saturated rings. The Balaban J connectivity index is 0.00000255. The van der Waals surface area contributed by atoms with Crippen LogP contribution >= 0.6 is 0 Å². The second kappa shape index (κ2) is 26.5. The van der Waals surface area contributed by atoms with Crippen LogP contribution in [0.4, 0.5) is 0 Å². The molecule has 1 aliphatic rings. The summed E-state index contributed by atoms with van der Waals surface area (Å²) in [4.78, 5) is 0. The van der Waals surface area contributed by atoms with Crippen LogP contribution in [0.15, 0.2) is 282 Å². The molecule has 76 heavy (non-hydrogen) atoms. The van der Waals surface area contributed by atoms with Crippen LogP contribution in [0.1, 0.15) is 78.7 Å². The number of halogens is 3. The van der Waals surface area contributed by atoms with Crippen molar-refractivity contribution in [2.45, 2.75) is 44.9 Å². The molecule has 0 amide bonds. The normalized spacial score (nSPS) is 12.0. The van der Waals surface area contributed by atoms with E-state index >= 15 is 0 Å². The molecule has 0 nitrogen and oxygen atoms in total. The monoisotopic (exact) mass is 1090 g/mol. The molecule has 0 heterocycles. The number of benzene rings is 10. The Morgan fingerprint density at radius 3 is 0.737 bits per heavy atom. The standard InChI is InChI=1S/C71H59Si.3ClH.Ti/c1-8-23-54(24-9-1)39-60-45-61(40-55-25-10-2-11-26-55)49-67(48-60)72(71-38-22-37-70(71)66-35-20-7-21-36-66,68-50-62(41-56-27-12-3-13-28-56)46-63(51-68)42-57-29-14-4-15-30-57)69-52-64(43-58-31-16-5-17-32-58)47-65(53-69)44-59-33-18-6-19-34-59;;;;/h1-21,23-36,38,45-53H,22,39-44H2;3*1H;/q;;;;+3/p-3. The number of hydrogen-bond donors (Lipinski definition) is 0. The summed E-state index contributed by atoms with van der Waals surface area (Å²) in [5.41, 5.74) is 18.7. The molecule has 0 aliphatic heterocycles. The van der Waals surface area contributed by atoms with Gasteiger partial charge in [-0.25, -0.2) is 0 Å². The van der Waals surface area contributed by atoms with Crippen molar-refractivity contribution in [3.63, 3.8) is 0 Å². The molecule has 10 aromatic carbocycles. The summed E-state index contributed by atoms with van der Waals surface area (Å²) < 4.78 is 1.43. The van der Waals surface area contributed by atoms with Crippen molar-refractivity contribution in [1.29, 1.82) is 0 Å². The van der Waals surface area contributed by atoms with E-state index < -0.39 is 8.07 Å². The summed E-state index contributed by atoms with van der Waals surface area (Å²) in [6, 6.07) is 101. The Kier molecular flexibility index (Phi) is 19.4. The summed E-state index contributed by atoms with van der Waals surface area (Å²) in [5.74, 6) is 0. The molecule has 0 bridgehead atoms. The zero-order valence-corrected chi connectivity index (χ0v) is 47.4. The number of allylic oxidation sites excluding steroid dienone is 4. The minimum atomic E-state index is -3.37. The van der Waals surface area contributed by atoms with Crippen LogP contribution in [0.3, 0.4) is 0 Å². The van der Waals surface area contributed by atoms with Crippen LogP contribution in [-0.2, 0) is 59.0 Å². The van der Waals surface area contributed by atoms with Gasteiger partial charge in [-0.3, -0.25) is 0 Å². The van der Waals surface area contributed by atoms with Crippen molar-refractivity contribution < 1.29 is 57.7 Å². The van der Waals surface area contributed by atoms with Gasteiger partial charge in [-0.2, -0.15) is 0 Å². The molecule has 0 saturated heterocycles. The molecule has 1 aliphatic carbocycles. The average molecular weight is 1090 g/mol. The van der Waals surface area contributed by atoms with Gasteiger partial charge in [0.05, 0.1) is 0 Å². The van der Waals surface area contributed by atoms with Crippen LogP contribution < -0.4 is 52.8 Å². The molecule has 0 atom stereocenters. The van der Waals surface area contributed by atoms with E-state index in [0.717, 1.165) is 44.9 Å². The molecule has 372 valence electrons. The average Bonchev–Trinajstić information content (AvgIpc) is 3.88. The zero-order chi connectivity index (χ0) is 49.2. The predicted octanol–water partition coefficient (Wildman–Crippen LogP) is 5.54. The maximum absolute atomic E-state index is 3.37. The van der Waals surface area contributed by atoms with Crippen molar-refractivity contribution >= 4 is 29.2 Å². The Morgan fingerprint density at radius 2 is 0.500 bits per heavy atom. The van der Waals surface area contributed by atoms with Gasteiger partial charge in [0.1, 0.15) is 0 Å². The molecular formula is C71H59Cl3SiTi. The van der Waals surface area contributed by atoms with Gasteiger partial charge in [-0.1, -0.05) is 0 Å². The fourth-order valence-electron chi connectivity index (χ4n) is 11.4. The molecule has 0 radical (unpaired) electrons. The molecule has 0 aromatic heterocycles. The van der Waals surface area contributed by atoms with E-state index in [2.05, 4.69) is 293 Å². The first kappa shape index (κ1) is 55.7. The second-order valence-corrected chi connectivity index (χ2v) is 24.6. The van der Waals surface area contributed by atoms with Gasteiger partial charge in [-0.15, -0.1) is 0 Å². The van der Waals surface area contributed by atoms with E-state index in [-0.39, 0.29) is 37.2 Å². The van der Waals surface area contributed by atoms with E-state index in [9.17, 15) is 0 Å². The summed E-state index contributed by atoms with van der Waals surface area (Å²) in [5, 5.41) is 5.80. The third kappa shape index (κ3) is 13.2. The molecule has 0 spiro atoms. The van der Waals surface area contributed by atoms with Crippen LogP contribution in [0, 0.1) is 0 Å². The van der Waals surface area contributed by atoms with Crippen molar-refractivity contribution in [3.8, 4) is 0 Å². The van der Waals surface area contributed by atoms with Crippen molar-refractivity contribution in [1.82, 2.24) is 0 Å². The van der Waals surface area contributed by atoms with Crippen molar-refractivity contribution in [2.24, 2.45) is 0 Å². The quantitative estimate of drug-likeness (QED) is 0.0832. The molecule has 11 rings (SSSR count). The van der Waals surface area contributed by atoms with Crippen LogP contribution in [0.5, 0.6) is 0 Å².